The third kappa shape index (κ3) is 3.86. The molecule has 10 heteroatoms. The van der Waals surface area contributed by atoms with E-state index < -0.39 is 0 Å². The Labute approximate surface area is 252 Å². The number of aromatic nitrogens is 8. The molecule has 0 amide bonds. The predicted octanol–water partition coefficient (Wildman–Crippen LogP) is 7.18. The fourth-order valence-corrected chi connectivity index (χ4v) is 5.59. The van der Waals surface area contributed by atoms with Gasteiger partial charge in [-0.3, -0.25) is 0 Å². The molecule has 0 fully saturated rings. The van der Waals surface area contributed by atoms with Crippen LogP contribution >= 0.6 is 9.64 Å². The summed E-state index contributed by atoms with van der Waals surface area (Å²) in [6.07, 6.45) is 0. The largest absolute Gasteiger partial charge is 0.324 e. The smallest absolute Gasteiger partial charge is 0.164 e. The van der Waals surface area contributed by atoms with Gasteiger partial charge in [-0.25, -0.2) is 29.9 Å². The number of nitrogens with one attached hydrogen (secondary N) is 2. The number of fused-ring (bicyclic) bond motifs is 20. The molecule has 196 valence electrons. The van der Waals surface area contributed by atoms with Crippen LogP contribution in [0.15, 0.2) is 97.1 Å². The average Bonchev–Trinajstić information content (AvgIpc) is 3.78. The predicted molar refractivity (Wildman–Crippen MR) is 168 cm³/mol. The van der Waals surface area contributed by atoms with Crippen molar-refractivity contribution in [3.63, 3.8) is 0 Å². The molecule has 5 heterocycles. The van der Waals surface area contributed by atoms with Crippen LogP contribution in [0.25, 0.3) is 89.7 Å². The molecule has 0 atom stereocenters. The molecule has 8 nitrogen and oxygen atoms in total. The molecule has 7 aromatic rings. The Kier molecular flexibility index (Phi) is 5.88. The fourth-order valence-electron chi connectivity index (χ4n) is 5.59. The summed E-state index contributed by atoms with van der Waals surface area (Å²) in [4.78, 5) is 36.8. The van der Waals surface area contributed by atoms with Crippen molar-refractivity contribution in [1.82, 2.24) is 39.9 Å². The van der Waals surface area contributed by atoms with Crippen LogP contribution in [0.5, 0.6) is 0 Å². The molecule has 0 saturated heterocycles. The molecule has 0 unspecified atom stereocenters. The Balaban J connectivity index is 0.00000131. The maximum absolute atomic E-state index is 5.02. The van der Waals surface area contributed by atoms with Gasteiger partial charge in [0.1, 0.15) is 22.6 Å². The van der Waals surface area contributed by atoms with Crippen molar-refractivity contribution >= 4 is 71.4 Å². The zero-order valence-corrected chi connectivity index (χ0v) is 25.1. The summed E-state index contributed by atoms with van der Waals surface area (Å²) in [5.74, 6) is 2.39. The topological polar surface area (TPSA) is 109 Å². The van der Waals surface area contributed by atoms with E-state index in [0.717, 1.165) is 61.4 Å². The van der Waals surface area contributed by atoms with Crippen molar-refractivity contribution in [3.05, 3.63) is 97.1 Å². The van der Waals surface area contributed by atoms with Crippen molar-refractivity contribution in [2.45, 2.75) is 0 Å². The minimum Gasteiger partial charge on any atom is -0.324 e. The van der Waals surface area contributed by atoms with Gasteiger partial charge in [0.15, 0.2) is 23.3 Å². The van der Waals surface area contributed by atoms with Gasteiger partial charge in [0, 0.05) is 43.8 Å². The normalized spacial score (nSPS) is 11.5. The molecule has 0 spiro atoms. The second-order valence-corrected chi connectivity index (χ2v) is 9.79. The molecule has 42 heavy (non-hydrogen) atoms. The number of rotatable bonds is 0. The van der Waals surface area contributed by atoms with E-state index in [1.54, 1.807) is 0 Å². The third-order valence-corrected chi connectivity index (χ3v) is 7.46. The average molecular weight is 620 g/mol. The van der Waals surface area contributed by atoms with Gasteiger partial charge < -0.3 is 9.97 Å². The van der Waals surface area contributed by atoms with E-state index >= 15 is 0 Å². The first-order valence-corrected chi connectivity index (χ1v) is 16.4. The molecule has 2 aliphatic rings. The molecule has 4 aromatic carbocycles. The summed E-state index contributed by atoms with van der Waals surface area (Å²) < 4.78 is 0. The minimum atomic E-state index is 0.597. The van der Waals surface area contributed by atoms with Gasteiger partial charge in [0.25, 0.3) is 0 Å². The Morgan fingerprint density at radius 1 is 0.357 bits per heavy atom. The second kappa shape index (κ2) is 9.91. The van der Waals surface area contributed by atoms with Crippen LogP contribution < -0.4 is 0 Å². The SMILES string of the molecule is [Cl][Ga].c1ccc2c(c1)-c1nc-2nc2[nH]c(nc3nc(nc4[nH]c(n1)c1ccccc41)-c1ccccc1-3)c1ccccc21. The number of benzene rings is 4. The van der Waals surface area contributed by atoms with E-state index in [-0.39, 0.29) is 0 Å². The van der Waals surface area contributed by atoms with Gasteiger partial charge in [-0.05, 0) is 0 Å². The number of nitrogens with zero attached hydrogens (tertiary/aromatic N) is 6. The molecule has 9 rings (SSSR count). The van der Waals surface area contributed by atoms with Gasteiger partial charge >= 0.3 is 27.2 Å². The molecule has 0 saturated carbocycles. The zero-order chi connectivity index (χ0) is 28.2. The molecule has 3 aromatic heterocycles. The summed E-state index contributed by atoms with van der Waals surface area (Å²) in [7, 11) is 4.70. The van der Waals surface area contributed by atoms with Gasteiger partial charge in [0.05, 0.1) is 0 Å². The van der Waals surface area contributed by atoms with Crippen LogP contribution in [0, 0.1) is 0 Å². The summed E-state index contributed by atoms with van der Waals surface area (Å²) in [6, 6.07) is 32.2. The third-order valence-electron chi connectivity index (χ3n) is 7.46. The van der Waals surface area contributed by atoms with Crippen LogP contribution in [0.4, 0.5) is 0 Å². The van der Waals surface area contributed by atoms with Crippen LogP contribution in [0.2, 0.25) is 0 Å². The minimum absolute atomic E-state index is 0.597. The Morgan fingerprint density at radius 3 is 0.857 bits per heavy atom. The zero-order valence-electron chi connectivity index (χ0n) is 21.9. The first-order valence-electron chi connectivity index (χ1n) is 13.2. The van der Waals surface area contributed by atoms with E-state index in [4.69, 9.17) is 39.5 Å². The van der Waals surface area contributed by atoms with Crippen molar-refractivity contribution in [1.29, 1.82) is 0 Å². The first-order chi connectivity index (χ1) is 20.8. The molecule has 2 aliphatic heterocycles. The molecular weight excluding hydrogens is 602 g/mol. The van der Waals surface area contributed by atoms with E-state index in [1.165, 1.54) is 0 Å². The van der Waals surface area contributed by atoms with Crippen molar-refractivity contribution in [3.8, 4) is 45.6 Å². The molecule has 8 bridgehead atoms. The number of aromatic amines is 2. The van der Waals surface area contributed by atoms with Gasteiger partial charge in [-0.1, -0.05) is 97.1 Å². The first kappa shape index (κ1) is 24.9. The number of hydrogen-bond acceptors (Lipinski definition) is 6. The van der Waals surface area contributed by atoms with Gasteiger partial charge in [-0.2, -0.15) is 0 Å². The van der Waals surface area contributed by atoms with Crippen LogP contribution in [0.1, 0.15) is 0 Å². The monoisotopic (exact) mass is 618 g/mol. The summed E-state index contributed by atoms with van der Waals surface area (Å²) >= 11 is 1.16. The van der Waals surface area contributed by atoms with E-state index in [1.807, 2.05) is 97.1 Å². The van der Waals surface area contributed by atoms with Gasteiger partial charge in [-0.15, -0.1) is 0 Å². The Hall–Kier alpha value is -4.83. The fraction of sp³-hybridized carbons (Fsp3) is 0. The second-order valence-electron chi connectivity index (χ2n) is 9.79. The van der Waals surface area contributed by atoms with Crippen molar-refractivity contribution in [2.75, 3.05) is 0 Å². The summed E-state index contributed by atoms with van der Waals surface area (Å²) in [5.41, 5.74) is 6.45. The van der Waals surface area contributed by atoms with Crippen LogP contribution in [-0.2, 0) is 0 Å². The van der Waals surface area contributed by atoms with E-state index in [9.17, 15) is 0 Å². The maximum Gasteiger partial charge on any atom is 0.164 e. The van der Waals surface area contributed by atoms with Crippen LogP contribution in [-0.4, -0.2) is 57.5 Å². The molecular formula is C32H18ClGaN8. The standard InChI is InChI=1S/C32H18N8.ClH.Ga/c1-2-10-18-17(9-1)25-33-26(18)38-28-21-13-5-6-14-22(21)30(35-28)40-32-24-16-8-7-15-23(24)31(36-32)39-29-20-12-4-3-11-19(20)27(34-29)37-25;;/h1-16H,(H2,33,34,35,36,37,38,39,40);1H;/q;;+1/p-1. The molecule has 0 aliphatic carbocycles. The molecule has 2 radical (unpaired) electrons. The number of hydrogen-bond donors (Lipinski definition) is 2. The quantitative estimate of drug-likeness (QED) is 0.174. The number of H-pyrrole nitrogens is 2. The van der Waals surface area contributed by atoms with E-state index in [0.29, 0.717) is 45.9 Å². The van der Waals surface area contributed by atoms with Crippen molar-refractivity contribution in [2.24, 2.45) is 0 Å². The Bertz CT molecular complexity index is 2040. The van der Waals surface area contributed by atoms with Crippen LogP contribution in [0.3, 0.4) is 0 Å². The maximum atomic E-state index is 5.02. The summed E-state index contributed by atoms with van der Waals surface area (Å²) in [5, 5.41) is 3.82. The summed E-state index contributed by atoms with van der Waals surface area (Å²) in [6.45, 7) is 0. The van der Waals surface area contributed by atoms with E-state index in [2.05, 4.69) is 9.97 Å². The number of halogens is 1. The molecule has 2 N–H and O–H groups in total. The van der Waals surface area contributed by atoms with Gasteiger partial charge in [0.2, 0.25) is 0 Å². The Morgan fingerprint density at radius 2 is 0.595 bits per heavy atom. The van der Waals surface area contributed by atoms with Crippen molar-refractivity contribution < 1.29 is 0 Å².